The Kier molecular flexibility index (Phi) is 3.47. The van der Waals surface area contributed by atoms with Gasteiger partial charge in [-0.15, -0.1) is 21.5 Å². The van der Waals surface area contributed by atoms with Crippen LogP contribution in [0.15, 0.2) is 39.9 Å². The van der Waals surface area contributed by atoms with Crippen molar-refractivity contribution < 1.29 is 4.42 Å². The Hall–Kier alpha value is -2.21. The third-order valence-corrected chi connectivity index (χ3v) is 3.71. The molecule has 1 N–H and O–H groups in total. The van der Waals surface area contributed by atoms with Gasteiger partial charge in [-0.25, -0.2) is 4.98 Å². The predicted molar refractivity (Wildman–Crippen MR) is 78.6 cm³/mol. The summed E-state index contributed by atoms with van der Waals surface area (Å²) in [5, 5.41) is 13.1. The second kappa shape index (κ2) is 5.42. The third kappa shape index (κ3) is 2.55. The number of nitrogens with zero attached hydrogens (tertiary/aromatic N) is 3. The van der Waals surface area contributed by atoms with E-state index in [1.807, 2.05) is 23.7 Å². The fourth-order valence-corrected chi connectivity index (χ4v) is 2.65. The van der Waals surface area contributed by atoms with E-state index in [9.17, 15) is 0 Å². The number of benzene rings is 1. The standard InChI is InChI=1S/C14H14N4OS/c1-9-5-11(14-18-16-7-19-14)3-4-12(9)17-10(2)13-6-20-8-15-13/h3-8,10,17H,1-2H3. The van der Waals surface area contributed by atoms with Crippen molar-refractivity contribution in [2.45, 2.75) is 19.9 Å². The van der Waals surface area contributed by atoms with Crippen molar-refractivity contribution in [1.82, 2.24) is 15.2 Å². The smallest absolute Gasteiger partial charge is 0.247 e. The minimum absolute atomic E-state index is 0.175. The number of thiazole rings is 1. The Morgan fingerprint density at radius 1 is 1.35 bits per heavy atom. The van der Waals surface area contributed by atoms with Gasteiger partial charge in [0.2, 0.25) is 12.3 Å². The van der Waals surface area contributed by atoms with Crippen LogP contribution in [0.1, 0.15) is 24.2 Å². The normalized spacial score (nSPS) is 12.3. The SMILES string of the molecule is Cc1cc(-c2nnco2)ccc1NC(C)c1cscn1. The molecule has 2 aromatic heterocycles. The minimum Gasteiger partial charge on any atom is -0.423 e. The Bertz CT molecular complexity index is 679. The summed E-state index contributed by atoms with van der Waals surface area (Å²) in [6.07, 6.45) is 1.33. The molecule has 5 nitrogen and oxygen atoms in total. The number of hydrogen-bond donors (Lipinski definition) is 1. The topological polar surface area (TPSA) is 63.8 Å². The van der Waals surface area contributed by atoms with E-state index in [2.05, 4.69) is 39.7 Å². The van der Waals surface area contributed by atoms with Crippen LogP contribution in [0.2, 0.25) is 0 Å². The molecule has 0 aliphatic rings. The van der Waals surface area contributed by atoms with Gasteiger partial charge in [-0.1, -0.05) is 0 Å². The van der Waals surface area contributed by atoms with Crippen molar-refractivity contribution in [2.75, 3.05) is 5.32 Å². The zero-order valence-electron chi connectivity index (χ0n) is 11.2. The molecule has 0 spiro atoms. The molecule has 0 bridgehead atoms. The maximum atomic E-state index is 5.20. The van der Waals surface area contributed by atoms with E-state index < -0.39 is 0 Å². The molecule has 1 atom stereocenters. The van der Waals surface area contributed by atoms with Gasteiger partial charge in [0.15, 0.2) is 0 Å². The largest absolute Gasteiger partial charge is 0.423 e. The Morgan fingerprint density at radius 2 is 2.25 bits per heavy atom. The van der Waals surface area contributed by atoms with Gasteiger partial charge in [-0.05, 0) is 37.6 Å². The molecule has 1 aromatic carbocycles. The first-order valence-electron chi connectivity index (χ1n) is 6.26. The van der Waals surface area contributed by atoms with Crippen LogP contribution in [0, 0.1) is 6.92 Å². The van der Waals surface area contributed by atoms with Crippen LogP contribution in [0.4, 0.5) is 5.69 Å². The third-order valence-electron chi connectivity index (χ3n) is 3.10. The Morgan fingerprint density at radius 3 is 2.90 bits per heavy atom. The summed E-state index contributed by atoms with van der Waals surface area (Å²) in [5.74, 6) is 0.534. The van der Waals surface area contributed by atoms with Gasteiger partial charge in [0.05, 0.1) is 17.2 Å². The van der Waals surface area contributed by atoms with Crippen LogP contribution in [-0.4, -0.2) is 15.2 Å². The highest BCUT2D eigenvalue weighted by atomic mass is 32.1. The van der Waals surface area contributed by atoms with Crippen molar-refractivity contribution in [3.05, 3.63) is 46.7 Å². The van der Waals surface area contributed by atoms with Crippen molar-refractivity contribution >= 4 is 17.0 Å². The molecule has 0 aliphatic heterocycles. The molecule has 3 rings (SSSR count). The predicted octanol–water partition coefficient (Wildman–Crippen LogP) is 3.67. The quantitative estimate of drug-likeness (QED) is 0.792. The summed E-state index contributed by atoms with van der Waals surface area (Å²) in [6, 6.07) is 6.20. The lowest BCUT2D eigenvalue weighted by Gasteiger charge is -2.15. The van der Waals surface area contributed by atoms with Crippen LogP contribution in [0.3, 0.4) is 0 Å². The van der Waals surface area contributed by atoms with Crippen LogP contribution < -0.4 is 5.32 Å². The average molecular weight is 286 g/mol. The van der Waals surface area contributed by atoms with Gasteiger partial charge in [-0.2, -0.15) is 0 Å². The van der Waals surface area contributed by atoms with E-state index in [1.54, 1.807) is 11.3 Å². The van der Waals surface area contributed by atoms with Crippen molar-refractivity contribution in [3.63, 3.8) is 0 Å². The maximum absolute atomic E-state index is 5.20. The minimum atomic E-state index is 0.175. The summed E-state index contributed by atoms with van der Waals surface area (Å²) < 4.78 is 5.20. The summed E-state index contributed by atoms with van der Waals surface area (Å²) in [7, 11) is 0. The van der Waals surface area contributed by atoms with Crippen molar-refractivity contribution in [1.29, 1.82) is 0 Å². The fourth-order valence-electron chi connectivity index (χ4n) is 2.00. The number of rotatable bonds is 4. The number of aryl methyl sites for hydroxylation is 1. The molecule has 0 aliphatic carbocycles. The Balaban J connectivity index is 1.81. The Labute approximate surface area is 120 Å². The van der Waals surface area contributed by atoms with Crippen LogP contribution in [0.5, 0.6) is 0 Å². The lowest BCUT2D eigenvalue weighted by Crippen LogP contribution is -2.07. The maximum Gasteiger partial charge on any atom is 0.247 e. The van der Waals surface area contributed by atoms with E-state index in [4.69, 9.17) is 4.42 Å². The van der Waals surface area contributed by atoms with E-state index >= 15 is 0 Å². The van der Waals surface area contributed by atoms with E-state index in [1.165, 1.54) is 6.39 Å². The molecule has 6 heteroatoms. The molecule has 102 valence electrons. The zero-order chi connectivity index (χ0) is 13.9. The van der Waals surface area contributed by atoms with Gasteiger partial charge in [0.25, 0.3) is 0 Å². The lowest BCUT2D eigenvalue weighted by atomic mass is 10.1. The molecule has 0 saturated heterocycles. The van der Waals surface area contributed by atoms with Crippen LogP contribution >= 0.6 is 11.3 Å². The van der Waals surface area contributed by atoms with E-state index in [-0.39, 0.29) is 6.04 Å². The van der Waals surface area contributed by atoms with Crippen LogP contribution in [0.25, 0.3) is 11.5 Å². The summed E-state index contributed by atoms with van der Waals surface area (Å²) in [6.45, 7) is 4.15. The van der Waals surface area contributed by atoms with Gasteiger partial charge >= 0.3 is 0 Å². The first-order chi connectivity index (χ1) is 9.74. The first kappa shape index (κ1) is 12.8. The average Bonchev–Trinajstić information content (AvgIpc) is 3.14. The van der Waals surface area contributed by atoms with Crippen LogP contribution in [-0.2, 0) is 0 Å². The van der Waals surface area contributed by atoms with Crippen molar-refractivity contribution in [3.8, 4) is 11.5 Å². The molecule has 3 aromatic rings. The van der Waals surface area contributed by atoms with Gasteiger partial charge in [-0.3, -0.25) is 0 Å². The highest BCUT2D eigenvalue weighted by Crippen LogP contribution is 2.26. The molecule has 0 saturated carbocycles. The molecular weight excluding hydrogens is 272 g/mol. The fraction of sp³-hybridized carbons (Fsp3) is 0.214. The molecule has 0 radical (unpaired) electrons. The molecule has 1 unspecified atom stereocenters. The number of nitrogens with one attached hydrogen (secondary N) is 1. The second-order valence-corrected chi connectivity index (χ2v) is 5.27. The van der Waals surface area contributed by atoms with Crippen molar-refractivity contribution in [2.24, 2.45) is 0 Å². The highest BCUT2D eigenvalue weighted by Gasteiger charge is 2.10. The molecule has 0 amide bonds. The second-order valence-electron chi connectivity index (χ2n) is 4.55. The van der Waals surface area contributed by atoms with E-state index in [0.717, 1.165) is 22.5 Å². The van der Waals surface area contributed by atoms with Gasteiger partial charge in [0, 0.05) is 16.6 Å². The molecular formula is C14H14N4OS. The number of aromatic nitrogens is 3. The first-order valence-corrected chi connectivity index (χ1v) is 7.20. The number of anilines is 1. The molecule has 20 heavy (non-hydrogen) atoms. The highest BCUT2D eigenvalue weighted by molar-refractivity contribution is 7.07. The van der Waals surface area contributed by atoms with Gasteiger partial charge in [0.1, 0.15) is 0 Å². The summed E-state index contributed by atoms with van der Waals surface area (Å²) >= 11 is 1.60. The summed E-state index contributed by atoms with van der Waals surface area (Å²) in [4.78, 5) is 4.32. The van der Waals surface area contributed by atoms with Gasteiger partial charge < -0.3 is 9.73 Å². The zero-order valence-corrected chi connectivity index (χ0v) is 12.0. The monoisotopic (exact) mass is 286 g/mol. The lowest BCUT2D eigenvalue weighted by molar-refractivity contribution is 0.568. The van der Waals surface area contributed by atoms with E-state index in [0.29, 0.717) is 5.89 Å². The molecule has 2 heterocycles. The summed E-state index contributed by atoms with van der Waals surface area (Å²) in [5.41, 5.74) is 6.03. The number of hydrogen-bond acceptors (Lipinski definition) is 6. The molecule has 0 fully saturated rings.